The third kappa shape index (κ3) is 4.77. The first-order valence-electron chi connectivity index (χ1n) is 10.8. The Labute approximate surface area is 181 Å². The van der Waals surface area contributed by atoms with Crippen molar-refractivity contribution in [3.05, 3.63) is 59.5 Å². The highest BCUT2D eigenvalue weighted by Gasteiger charge is 2.33. The van der Waals surface area contributed by atoms with Crippen LogP contribution < -0.4 is 0 Å². The van der Waals surface area contributed by atoms with Gasteiger partial charge in [-0.1, -0.05) is 6.92 Å². The van der Waals surface area contributed by atoms with Crippen LogP contribution >= 0.6 is 0 Å². The molecule has 0 aliphatic carbocycles. The lowest BCUT2D eigenvalue weighted by molar-refractivity contribution is -0.149. The Hall–Kier alpha value is -2.38. The summed E-state index contributed by atoms with van der Waals surface area (Å²) in [6, 6.07) is 10.9. The van der Waals surface area contributed by atoms with Gasteiger partial charge in [0.2, 0.25) is 0 Å². The Morgan fingerprint density at radius 2 is 1.81 bits per heavy atom. The van der Waals surface area contributed by atoms with Crippen LogP contribution in [0, 0.1) is 6.92 Å². The molecule has 166 valence electrons. The molecule has 1 aliphatic heterocycles. The molecule has 1 fully saturated rings. The second-order valence-corrected chi connectivity index (χ2v) is 8.42. The molecular weight excluding hydrogens is 401 g/mol. The normalized spacial score (nSPS) is 17.4. The fraction of sp³-hybridized carbons (Fsp3) is 0.458. The number of piperazine rings is 1. The minimum atomic E-state index is -4.13. The lowest BCUT2D eigenvalue weighted by atomic mass is 9.98. The van der Waals surface area contributed by atoms with Gasteiger partial charge in [0.05, 0.1) is 12.1 Å². The predicted molar refractivity (Wildman–Crippen MR) is 118 cm³/mol. The SMILES string of the molecule is CCc1cc(-n2ccc3cc(C(C)N4CCN(CC(F)(F)F)CC4)c(C)cc32)ccn1. The van der Waals surface area contributed by atoms with Gasteiger partial charge in [-0.25, -0.2) is 0 Å². The van der Waals surface area contributed by atoms with Gasteiger partial charge in [0.1, 0.15) is 0 Å². The van der Waals surface area contributed by atoms with E-state index in [1.807, 2.05) is 12.3 Å². The average molecular weight is 431 g/mol. The van der Waals surface area contributed by atoms with Gasteiger partial charge in [0.15, 0.2) is 0 Å². The van der Waals surface area contributed by atoms with Gasteiger partial charge >= 0.3 is 6.18 Å². The van der Waals surface area contributed by atoms with Crippen LogP contribution in [0.2, 0.25) is 0 Å². The number of halogens is 3. The molecule has 1 unspecified atom stereocenters. The zero-order valence-electron chi connectivity index (χ0n) is 18.3. The molecule has 2 aromatic heterocycles. The fourth-order valence-corrected chi connectivity index (χ4v) is 4.55. The number of nitrogens with zero attached hydrogens (tertiary/aromatic N) is 4. The van der Waals surface area contributed by atoms with Crippen molar-refractivity contribution in [2.24, 2.45) is 0 Å². The number of pyridine rings is 1. The van der Waals surface area contributed by atoms with Crippen molar-refractivity contribution in [3.63, 3.8) is 0 Å². The second-order valence-electron chi connectivity index (χ2n) is 8.42. The first kappa shape index (κ1) is 21.8. The molecule has 1 aliphatic rings. The van der Waals surface area contributed by atoms with Crippen molar-refractivity contribution in [2.75, 3.05) is 32.7 Å². The number of aryl methyl sites for hydroxylation is 2. The van der Waals surface area contributed by atoms with E-state index in [2.05, 4.69) is 65.7 Å². The molecule has 0 radical (unpaired) electrons. The average Bonchev–Trinajstić information content (AvgIpc) is 3.15. The van der Waals surface area contributed by atoms with Crippen molar-refractivity contribution in [3.8, 4) is 5.69 Å². The van der Waals surface area contributed by atoms with Gasteiger partial charge in [-0.3, -0.25) is 14.8 Å². The summed E-state index contributed by atoms with van der Waals surface area (Å²) in [6.07, 6.45) is 0.699. The Morgan fingerprint density at radius 1 is 1.06 bits per heavy atom. The molecule has 1 saturated heterocycles. The molecule has 31 heavy (non-hydrogen) atoms. The van der Waals surface area contributed by atoms with Crippen LogP contribution in [-0.4, -0.2) is 58.3 Å². The van der Waals surface area contributed by atoms with Crippen LogP contribution in [0.25, 0.3) is 16.6 Å². The minimum absolute atomic E-state index is 0.161. The van der Waals surface area contributed by atoms with Crippen molar-refractivity contribution in [2.45, 2.75) is 39.4 Å². The molecule has 3 heterocycles. The molecule has 0 amide bonds. The molecule has 1 aromatic carbocycles. The Morgan fingerprint density at radius 3 is 2.48 bits per heavy atom. The number of alkyl halides is 3. The molecule has 7 heteroatoms. The highest BCUT2D eigenvalue weighted by molar-refractivity contribution is 5.83. The third-order valence-electron chi connectivity index (χ3n) is 6.33. The summed E-state index contributed by atoms with van der Waals surface area (Å²) in [7, 11) is 0. The number of hydrogen-bond acceptors (Lipinski definition) is 3. The standard InChI is InChI=1S/C24H29F3N4/c1-4-20-15-21(5-7-28-20)31-8-6-19-14-22(17(2)13-23(19)31)18(3)30-11-9-29(10-12-30)16-24(25,26)27/h5-8,13-15,18H,4,9-12,16H2,1-3H3. The topological polar surface area (TPSA) is 24.3 Å². The van der Waals surface area contributed by atoms with Gasteiger partial charge in [0.25, 0.3) is 0 Å². The Kier molecular flexibility index (Phi) is 6.08. The van der Waals surface area contributed by atoms with E-state index in [4.69, 9.17) is 0 Å². The van der Waals surface area contributed by atoms with Crippen molar-refractivity contribution >= 4 is 10.9 Å². The summed E-state index contributed by atoms with van der Waals surface area (Å²) < 4.78 is 40.2. The van der Waals surface area contributed by atoms with Crippen LogP contribution in [0.5, 0.6) is 0 Å². The monoisotopic (exact) mass is 430 g/mol. The maximum Gasteiger partial charge on any atom is 0.401 e. The zero-order chi connectivity index (χ0) is 22.2. The maximum absolute atomic E-state index is 12.7. The van der Waals surface area contributed by atoms with Crippen LogP contribution in [-0.2, 0) is 6.42 Å². The number of hydrogen-bond donors (Lipinski definition) is 0. The summed E-state index contributed by atoms with van der Waals surface area (Å²) in [4.78, 5) is 8.18. The first-order valence-corrected chi connectivity index (χ1v) is 10.8. The van der Waals surface area contributed by atoms with Crippen LogP contribution in [0.4, 0.5) is 13.2 Å². The van der Waals surface area contributed by atoms with E-state index in [0.717, 1.165) is 28.7 Å². The van der Waals surface area contributed by atoms with Crippen LogP contribution in [0.1, 0.15) is 36.7 Å². The molecule has 0 N–H and O–H groups in total. The molecular formula is C24H29F3N4. The quantitative estimate of drug-likeness (QED) is 0.560. The van der Waals surface area contributed by atoms with Gasteiger partial charge in [0, 0.05) is 61.4 Å². The van der Waals surface area contributed by atoms with E-state index in [9.17, 15) is 13.2 Å². The Balaban J connectivity index is 1.55. The van der Waals surface area contributed by atoms with Gasteiger partial charge < -0.3 is 4.57 Å². The minimum Gasteiger partial charge on any atom is -0.316 e. The van der Waals surface area contributed by atoms with E-state index >= 15 is 0 Å². The molecule has 4 rings (SSSR count). The van der Waals surface area contributed by atoms with E-state index in [-0.39, 0.29) is 6.04 Å². The number of aromatic nitrogens is 2. The summed E-state index contributed by atoms with van der Waals surface area (Å²) in [5, 5.41) is 1.16. The number of benzene rings is 1. The molecule has 1 atom stereocenters. The van der Waals surface area contributed by atoms with Crippen LogP contribution in [0.3, 0.4) is 0 Å². The molecule has 4 nitrogen and oxygen atoms in total. The van der Waals surface area contributed by atoms with Gasteiger partial charge in [-0.2, -0.15) is 13.2 Å². The highest BCUT2D eigenvalue weighted by atomic mass is 19.4. The lowest BCUT2D eigenvalue weighted by Gasteiger charge is -2.38. The number of fused-ring (bicyclic) bond motifs is 1. The fourth-order valence-electron chi connectivity index (χ4n) is 4.55. The van der Waals surface area contributed by atoms with Crippen molar-refractivity contribution in [1.29, 1.82) is 0 Å². The highest BCUT2D eigenvalue weighted by Crippen LogP contribution is 2.31. The summed E-state index contributed by atoms with van der Waals surface area (Å²) in [5.41, 5.74) is 5.74. The maximum atomic E-state index is 12.7. The van der Waals surface area contributed by atoms with Crippen molar-refractivity contribution < 1.29 is 13.2 Å². The van der Waals surface area contributed by atoms with Crippen molar-refractivity contribution in [1.82, 2.24) is 19.4 Å². The summed E-state index contributed by atoms with van der Waals surface area (Å²) in [6.45, 7) is 7.74. The zero-order valence-corrected chi connectivity index (χ0v) is 18.3. The van der Waals surface area contributed by atoms with E-state index in [0.29, 0.717) is 26.2 Å². The van der Waals surface area contributed by atoms with E-state index in [1.165, 1.54) is 16.0 Å². The lowest BCUT2D eigenvalue weighted by Crippen LogP contribution is -2.49. The smallest absolute Gasteiger partial charge is 0.316 e. The Bertz CT molecular complexity index is 1050. The van der Waals surface area contributed by atoms with E-state index < -0.39 is 12.7 Å². The van der Waals surface area contributed by atoms with Crippen LogP contribution in [0.15, 0.2) is 42.7 Å². The molecule has 0 spiro atoms. The molecule has 3 aromatic rings. The second kappa shape index (κ2) is 8.63. The van der Waals surface area contributed by atoms with Gasteiger partial charge in [-0.15, -0.1) is 0 Å². The third-order valence-corrected chi connectivity index (χ3v) is 6.33. The number of rotatable bonds is 5. The van der Waals surface area contributed by atoms with Gasteiger partial charge in [-0.05, 0) is 61.7 Å². The molecule has 0 saturated carbocycles. The predicted octanol–water partition coefficient (Wildman–Crippen LogP) is 5.14. The summed E-state index contributed by atoms with van der Waals surface area (Å²) >= 11 is 0. The summed E-state index contributed by atoms with van der Waals surface area (Å²) in [5.74, 6) is 0. The first-order chi connectivity index (χ1) is 14.7. The molecule has 0 bridgehead atoms. The largest absolute Gasteiger partial charge is 0.401 e. The van der Waals surface area contributed by atoms with E-state index in [1.54, 1.807) is 0 Å².